The van der Waals surface area contributed by atoms with Crippen molar-refractivity contribution < 1.29 is 14.4 Å². The van der Waals surface area contributed by atoms with Crippen LogP contribution in [-0.4, -0.2) is 22.0 Å². The smallest absolute Gasteiger partial charge is 0.331 e. The molecule has 36 heavy (non-hydrogen) atoms. The maximum absolute atomic E-state index is 13.1. The van der Waals surface area contributed by atoms with Gasteiger partial charge in [0.15, 0.2) is 0 Å². The molecule has 0 amide bonds. The minimum Gasteiger partial charge on any atom is -0.341 e. The molecule has 0 unspecified atom stereocenters. The Morgan fingerprint density at radius 2 is 1.61 bits per heavy atom. The number of hydrogen-bond acceptors (Lipinski definition) is 5. The van der Waals surface area contributed by atoms with Gasteiger partial charge in [0.25, 0.3) is 0 Å². The zero-order valence-electron chi connectivity index (χ0n) is 20.4. The van der Waals surface area contributed by atoms with Crippen LogP contribution < -0.4 is 0 Å². The van der Waals surface area contributed by atoms with Crippen molar-refractivity contribution >= 4 is 50.6 Å². The second-order valence-electron chi connectivity index (χ2n) is 8.74. The van der Waals surface area contributed by atoms with E-state index in [4.69, 9.17) is 4.84 Å². The first kappa shape index (κ1) is 23.7. The Labute approximate surface area is 213 Å². The van der Waals surface area contributed by atoms with Crippen molar-refractivity contribution in [1.29, 1.82) is 0 Å². The molecule has 0 bridgehead atoms. The number of aromatic nitrogens is 1. The van der Waals surface area contributed by atoms with Crippen LogP contribution in [0.5, 0.6) is 0 Å². The first-order chi connectivity index (χ1) is 17.5. The molecule has 0 N–H and O–H groups in total. The summed E-state index contributed by atoms with van der Waals surface area (Å²) in [6.45, 7) is 6.32. The van der Waals surface area contributed by atoms with Crippen LogP contribution >= 0.6 is 11.3 Å². The first-order valence-electron chi connectivity index (χ1n) is 11.9. The number of ketones is 1. The number of thiophene rings is 1. The Hall–Kier alpha value is -4.03. The summed E-state index contributed by atoms with van der Waals surface area (Å²) in [4.78, 5) is 30.4. The number of nitrogens with zero attached hydrogens (tertiary/aromatic N) is 2. The van der Waals surface area contributed by atoms with Crippen molar-refractivity contribution in [2.24, 2.45) is 5.16 Å². The number of aryl methyl sites for hydroxylation is 2. The largest absolute Gasteiger partial charge is 0.341 e. The van der Waals surface area contributed by atoms with Gasteiger partial charge in [0, 0.05) is 52.8 Å². The van der Waals surface area contributed by atoms with Crippen LogP contribution in [0, 0.1) is 6.92 Å². The number of carbonyl (C=O) groups excluding carboxylic acids is 2. The topological polar surface area (TPSA) is 60.7 Å². The van der Waals surface area contributed by atoms with Crippen molar-refractivity contribution in [3.8, 4) is 0 Å². The molecule has 0 aliphatic heterocycles. The SMILES string of the molecule is CCn1c2ccc(C(=O)c3cccs3)cc2c2cc(/C(Cc3ccccc3C)=N/OC(C)=O)ccc21. The minimum absolute atomic E-state index is 0.0251. The second-order valence-corrected chi connectivity index (χ2v) is 9.69. The summed E-state index contributed by atoms with van der Waals surface area (Å²) in [7, 11) is 0. The molecule has 0 aliphatic carbocycles. The van der Waals surface area contributed by atoms with Gasteiger partial charge in [0.05, 0.1) is 10.6 Å². The van der Waals surface area contributed by atoms with Crippen molar-refractivity contribution in [1.82, 2.24) is 4.57 Å². The molecule has 2 heterocycles. The predicted octanol–water partition coefficient (Wildman–Crippen LogP) is 6.93. The average molecular weight is 495 g/mol. The summed E-state index contributed by atoms with van der Waals surface area (Å²) in [5.74, 6) is -0.435. The van der Waals surface area contributed by atoms with Crippen LogP contribution in [0.25, 0.3) is 21.8 Å². The van der Waals surface area contributed by atoms with E-state index in [1.807, 2.05) is 53.9 Å². The molecular formula is C30H26N2O3S. The fourth-order valence-electron chi connectivity index (χ4n) is 4.61. The Bertz CT molecular complexity index is 1630. The van der Waals surface area contributed by atoms with Gasteiger partial charge >= 0.3 is 5.97 Å². The predicted molar refractivity (Wildman–Crippen MR) is 146 cm³/mol. The van der Waals surface area contributed by atoms with Crippen LogP contribution in [0.4, 0.5) is 0 Å². The third-order valence-electron chi connectivity index (χ3n) is 6.43. The number of benzene rings is 3. The Kier molecular flexibility index (Phi) is 6.53. The van der Waals surface area contributed by atoms with Crippen LogP contribution in [0.3, 0.4) is 0 Å². The molecule has 6 heteroatoms. The van der Waals surface area contributed by atoms with Crippen molar-refractivity contribution in [3.63, 3.8) is 0 Å². The van der Waals surface area contributed by atoms with E-state index in [9.17, 15) is 9.59 Å². The van der Waals surface area contributed by atoms with Crippen LogP contribution in [-0.2, 0) is 22.6 Å². The third kappa shape index (κ3) is 4.48. The van der Waals surface area contributed by atoms with Gasteiger partial charge in [-0.2, -0.15) is 0 Å². The third-order valence-corrected chi connectivity index (χ3v) is 7.29. The van der Waals surface area contributed by atoms with E-state index in [-0.39, 0.29) is 5.78 Å². The highest BCUT2D eigenvalue weighted by Gasteiger charge is 2.17. The lowest BCUT2D eigenvalue weighted by atomic mass is 9.97. The standard InChI is InChI=1S/C30H26N2O3S/c1-4-32-27-13-11-22(26(31-35-20(3)33)18-21-9-6-5-8-19(21)2)16-24(27)25-17-23(12-14-28(25)32)30(34)29-10-7-15-36-29/h5-17H,4,18H2,1-3H3/b31-26+. The van der Waals surface area contributed by atoms with Crippen LogP contribution in [0.2, 0.25) is 0 Å². The molecule has 0 radical (unpaired) electrons. The number of fused-ring (bicyclic) bond motifs is 3. The molecule has 2 aromatic heterocycles. The van der Waals surface area contributed by atoms with Gasteiger partial charge in [-0.05, 0) is 66.8 Å². The molecule has 0 saturated heterocycles. The van der Waals surface area contributed by atoms with Gasteiger partial charge in [-0.25, -0.2) is 4.79 Å². The van der Waals surface area contributed by atoms with Crippen LogP contribution in [0.15, 0.2) is 83.3 Å². The Balaban J connectivity index is 1.66. The molecule has 180 valence electrons. The molecule has 0 saturated carbocycles. The van der Waals surface area contributed by atoms with E-state index in [0.29, 0.717) is 17.7 Å². The lowest BCUT2D eigenvalue weighted by Gasteiger charge is -2.10. The van der Waals surface area contributed by atoms with E-state index in [0.717, 1.165) is 49.9 Å². The Morgan fingerprint density at radius 3 is 2.25 bits per heavy atom. The second kappa shape index (κ2) is 9.91. The summed E-state index contributed by atoms with van der Waals surface area (Å²) >= 11 is 1.45. The van der Waals surface area contributed by atoms with Crippen molar-refractivity contribution in [2.45, 2.75) is 33.7 Å². The highest BCUT2D eigenvalue weighted by molar-refractivity contribution is 7.12. The van der Waals surface area contributed by atoms with E-state index in [1.54, 1.807) is 0 Å². The summed E-state index contributed by atoms with van der Waals surface area (Å²) in [5, 5.41) is 8.19. The lowest BCUT2D eigenvalue weighted by molar-refractivity contribution is -0.140. The van der Waals surface area contributed by atoms with Gasteiger partial charge in [-0.15, -0.1) is 11.3 Å². The van der Waals surface area contributed by atoms with E-state index in [1.165, 1.54) is 18.3 Å². The number of carbonyl (C=O) groups is 2. The number of oxime groups is 1. The molecule has 0 aliphatic rings. The molecule has 3 aromatic carbocycles. The van der Waals surface area contributed by atoms with Gasteiger partial charge in [-0.1, -0.05) is 41.6 Å². The fourth-order valence-corrected chi connectivity index (χ4v) is 5.30. The van der Waals surface area contributed by atoms with Gasteiger partial charge in [0.2, 0.25) is 5.78 Å². The molecule has 0 atom stereocenters. The minimum atomic E-state index is -0.460. The molecule has 0 spiro atoms. The normalized spacial score (nSPS) is 11.8. The zero-order valence-corrected chi connectivity index (χ0v) is 21.3. The van der Waals surface area contributed by atoms with E-state index in [2.05, 4.69) is 47.8 Å². The molecule has 5 aromatic rings. The zero-order chi connectivity index (χ0) is 25.2. The van der Waals surface area contributed by atoms with Crippen molar-refractivity contribution in [2.75, 3.05) is 0 Å². The highest BCUT2D eigenvalue weighted by Crippen LogP contribution is 2.32. The maximum atomic E-state index is 13.1. The van der Waals surface area contributed by atoms with E-state index < -0.39 is 5.97 Å². The summed E-state index contributed by atoms with van der Waals surface area (Å²) in [5.41, 5.74) is 6.63. The quantitative estimate of drug-likeness (QED) is 0.107. The van der Waals surface area contributed by atoms with Crippen LogP contribution in [0.1, 0.15) is 45.8 Å². The summed E-state index contributed by atoms with van der Waals surface area (Å²) in [6, 6.07) is 24.0. The monoisotopic (exact) mass is 494 g/mol. The van der Waals surface area contributed by atoms with Gasteiger partial charge in [0.1, 0.15) is 0 Å². The number of hydrogen-bond donors (Lipinski definition) is 0. The first-order valence-corrected chi connectivity index (χ1v) is 12.8. The Morgan fingerprint density at radius 1 is 0.917 bits per heavy atom. The number of rotatable bonds is 7. The summed E-state index contributed by atoms with van der Waals surface area (Å²) < 4.78 is 2.25. The van der Waals surface area contributed by atoms with E-state index >= 15 is 0 Å². The fraction of sp³-hybridized carbons (Fsp3) is 0.167. The maximum Gasteiger partial charge on any atom is 0.331 e. The van der Waals surface area contributed by atoms with Gasteiger partial charge in [-0.3, -0.25) is 4.79 Å². The molecule has 0 fully saturated rings. The molecule has 5 nitrogen and oxygen atoms in total. The summed E-state index contributed by atoms with van der Waals surface area (Å²) in [6.07, 6.45) is 0.528. The van der Waals surface area contributed by atoms with Crippen molar-refractivity contribution in [3.05, 3.63) is 105 Å². The molecule has 5 rings (SSSR count). The highest BCUT2D eigenvalue weighted by atomic mass is 32.1. The lowest BCUT2D eigenvalue weighted by Crippen LogP contribution is -2.09. The average Bonchev–Trinajstić information content (AvgIpc) is 3.53. The van der Waals surface area contributed by atoms with Gasteiger partial charge < -0.3 is 9.40 Å². The molecular weight excluding hydrogens is 468 g/mol.